The lowest BCUT2D eigenvalue weighted by Crippen LogP contribution is -2.49. The lowest BCUT2D eigenvalue weighted by Gasteiger charge is -2.30. The van der Waals surface area contributed by atoms with E-state index in [9.17, 15) is 0 Å². The highest BCUT2D eigenvalue weighted by molar-refractivity contribution is 7.99. The van der Waals surface area contributed by atoms with Gasteiger partial charge in [0.25, 0.3) is 0 Å². The number of nitrogens with one attached hydrogen (secondary N) is 1. The molecule has 1 rings (SSSR count). The molecule has 0 aliphatic carbocycles. The first kappa shape index (κ1) is 11.1. The average Bonchev–Trinajstić information content (AvgIpc) is 2.06. The molecule has 1 saturated heterocycles. The van der Waals surface area contributed by atoms with E-state index < -0.39 is 0 Å². The SMILES string of the molecule is CCC1(C#N)CSCCN1.Cl. The Morgan fingerprint density at radius 1 is 1.73 bits per heavy atom. The van der Waals surface area contributed by atoms with Gasteiger partial charge in [0.1, 0.15) is 5.54 Å². The Hall–Kier alpha value is 0.0900. The fraction of sp³-hybridized carbons (Fsp3) is 0.857. The largest absolute Gasteiger partial charge is 0.298 e. The van der Waals surface area contributed by atoms with Crippen molar-refractivity contribution in [3.8, 4) is 6.07 Å². The van der Waals surface area contributed by atoms with E-state index in [1.54, 1.807) is 0 Å². The highest BCUT2D eigenvalue weighted by Crippen LogP contribution is 2.20. The highest BCUT2D eigenvalue weighted by Gasteiger charge is 2.29. The summed E-state index contributed by atoms with van der Waals surface area (Å²) in [6.07, 6.45) is 0.913. The van der Waals surface area contributed by atoms with Gasteiger partial charge in [0.2, 0.25) is 0 Å². The van der Waals surface area contributed by atoms with Crippen LogP contribution in [0.3, 0.4) is 0 Å². The monoisotopic (exact) mass is 192 g/mol. The standard InChI is InChI=1S/C7H12N2S.ClH/c1-2-7(5-8)6-10-4-3-9-7;/h9H,2-4,6H2,1H3;1H. The van der Waals surface area contributed by atoms with Crippen LogP contribution in [0.25, 0.3) is 0 Å². The van der Waals surface area contributed by atoms with Crippen molar-refractivity contribution in [3.05, 3.63) is 0 Å². The van der Waals surface area contributed by atoms with Gasteiger partial charge in [-0.25, -0.2) is 0 Å². The molecule has 1 aliphatic heterocycles. The highest BCUT2D eigenvalue weighted by atomic mass is 35.5. The predicted octanol–water partition coefficient (Wildman–Crippen LogP) is 1.42. The van der Waals surface area contributed by atoms with Crippen molar-refractivity contribution in [2.45, 2.75) is 18.9 Å². The maximum Gasteiger partial charge on any atom is 0.115 e. The van der Waals surface area contributed by atoms with Crippen LogP contribution < -0.4 is 5.32 Å². The first-order valence-electron chi connectivity index (χ1n) is 3.57. The lowest BCUT2D eigenvalue weighted by atomic mass is 10.0. The van der Waals surface area contributed by atoms with Gasteiger partial charge in [-0.15, -0.1) is 12.4 Å². The Morgan fingerprint density at radius 2 is 2.45 bits per heavy atom. The second-order valence-electron chi connectivity index (χ2n) is 2.53. The Kier molecular flexibility index (Phi) is 4.91. The van der Waals surface area contributed by atoms with Gasteiger partial charge in [0.05, 0.1) is 6.07 Å². The third kappa shape index (κ3) is 2.55. The molecule has 4 heteroatoms. The number of halogens is 1. The normalized spacial score (nSPS) is 30.2. The minimum atomic E-state index is -0.219. The van der Waals surface area contributed by atoms with Crippen molar-refractivity contribution >= 4 is 24.2 Å². The van der Waals surface area contributed by atoms with Crippen LogP contribution in [0.5, 0.6) is 0 Å². The van der Waals surface area contributed by atoms with Gasteiger partial charge in [0.15, 0.2) is 0 Å². The summed E-state index contributed by atoms with van der Waals surface area (Å²) in [6, 6.07) is 2.34. The van der Waals surface area contributed by atoms with Crippen molar-refractivity contribution in [1.29, 1.82) is 5.26 Å². The molecule has 1 fully saturated rings. The minimum absolute atomic E-state index is 0. The van der Waals surface area contributed by atoms with Crippen LogP contribution in [0.4, 0.5) is 0 Å². The molecule has 0 aromatic heterocycles. The molecule has 0 aromatic rings. The molecule has 1 N–H and O–H groups in total. The molecule has 0 radical (unpaired) electrons. The summed E-state index contributed by atoms with van der Waals surface area (Å²) in [5.41, 5.74) is -0.219. The van der Waals surface area contributed by atoms with Crippen molar-refractivity contribution in [2.75, 3.05) is 18.1 Å². The van der Waals surface area contributed by atoms with Gasteiger partial charge >= 0.3 is 0 Å². The quantitative estimate of drug-likeness (QED) is 0.683. The third-order valence-corrected chi connectivity index (χ3v) is 3.07. The summed E-state index contributed by atoms with van der Waals surface area (Å²) in [5, 5.41) is 12.1. The smallest absolute Gasteiger partial charge is 0.115 e. The molecule has 0 bridgehead atoms. The van der Waals surface area contributed by atoms with E-state index in [-0.39, 0.29) is 17.9 Å². The number of nitriles is 1. The molecule has 1 atom stereocenters. The van der Waals surface area contributed by atoms with E-state index in [2.05, 4.69) is 18.3 Å². The Labute approximate surface area is 78.1 Å². The number of hydrogen-bond donors (Lipinski definition) is 1. The van der Waals surface area contributed by atoms with Gasteiger partial charge < -0.3 is 0 Å². The van der Waals surface area contributed by atoms with E-state index in [1.807, 2.05) is 11.8 Å². The van der Waals surface area contributed by atoms with Gasteiger partial charge in [-0.3, -0.25) is 5.32 Å². The summed E-state index contributed by atoms with van der Waals surface area (Å²) in [7, 11) is 0. The molecule has 11 heavy (non-hydrogen) atoms. The molecule has 0 amide bonds. The summed E-state index contributed by atoms with van der Waals surface area (Å²) < 4.78 is 0. The van der Waals surface area contributed by atoms with Crippen molar-refractivity contribution in [1.82, 2.24) is 5.32 Å². The zero-order valence-electron chi connectivity index (χ0n) is 6.59. The van der Waals surface area contributed by atoms with Crippen LogP contribution in [0, 0.1) is 11.3 Å². The molecule has 0 aromatic carbocycles. The van der Waals surface area contributed by atoms with E-state index in [0.29, 0.717) is 0 Å². The van der Waals surface area contributed by atoms with Gasteiger partial charge in [0, 0.05) is 18.1 Å². The fourth-order valence-corrected chi connectivity index (χ4v) is 2.15. The lowest BCUT2D eigenvalue weighted by molar-refractivity contribution is 0.447. The molecule has 1 unspecified atom stereocenters. The van der Waals surface area contributed by atoms with E-state index in [4.69, 9.17) is 5.26 Å². The molecule has 2 nitrogen and oxygen atoms in total. The predicted molar refractivity (Wildman–Crippen MR) is 51.2 cm³/mol. The molecule has 0 spiro atoms. The summed E-state index contributed by atoms with van der Waals surface area (Å²) in [4.78, 5) is 0. The van der Waals surface area contributed by atoms with E-state index in [0.717, 1.165) is 24.5 Å². The molecular formula is C7H13ClN2S. The minimum Gasteiger partial charge on any atom is -0.298 e. The van der Waals surface area contributed by atoms with Gasteiger partial charge in [-0.05, 0) is 6.42 Å². The maximum absolute atomic E-state index is 8.82. The first-order chi connectivity index (χ1) is 4.83. The van der Waals surface area contributed by atoms with Crippen LogP contribution in [-0.4, -0.2) is 23.6 Å². The molecule has 0 saturated carbocycles. The number of nitrogens with zero attached hydrogens (tertiary/aromatic N) is 1. The summed E-state index contributed by atoms with van der Waals surface area (Å²) in [6.45, 7) is 3.04. The van der Waals surface area contributed by atoms with Gasteiger partial charge in [-0.2, -0.15) is 17.0 Å². The number of thioether (sulfide) groups is 1. The second-order valence-corrected chi connectivity index (χ2v) is 3.63. The molecular weight excluding hydrogens is 180 g/mol. The third-order valence-electron chi connectivity index (χ3n) is 1.88. The van der Waals surface area contributed by atoms with Gasteiger partial charge in [-0.1, -0.05) is 6.92 Å². The summed E-state index contributed by atoms with van der Waals surface area (Å²) >= 11 is 1.87. The average molecular weight is 193 g/mol. The maximum atomic E-state index is 8.82. The van der Waals surface area contributed by atoms with Crippen molar-refractivity contribution in [2.24, 2.45) is 0 Å². The zero-order chi connectivity index (χ0) is 7.45. The van der Waals surface area contributed by atoms with Crippen LogP contribution in [-0.2, 0) is 0 Å². The Morgan fingerprint density at radius 3 is 2.73 bits per heavy atom. The van der Waals surface area contributed by atoms with Crippen LogP contribution in [0.1, 0.15) is 13.3 Å². The van der Waals surface area contributed by atoms with Crippen LogP contribution in [0.15, 0.2) is 0 Å². The first-order valence-corrected chi connectivity index (χ1v) is 4.72. The van der Waals surface area contributed by atoms with Crippen LogP contribution >= 0.6 is 24.2 Å². The number of rotatable bonds is 1. The number of hydrogen-bond acceptors (Lipinski definition) is 3. The van der Waals surface area contributed by atoms with E-state index in [1.165, 1.54) is 0 Å². The summed E-state index contributed by atoms with van der Waals surface area (Å²) in [5.74, 6) is 2.09. The van der Waals surface area contributed by atoms with Crippen molar-refractivity contribution < 1.29 is 0 Å². The zero-order valence-corrected chi connectivity index (χ0v) is 8.23. The van der Waals surface area contributed by atoms with Crippen molar-refractivity contribution in [3.63, 3.8) is 0 Å². The molecule has 1 aliphatic rings. The Bertz CT molecular complexity index is 149. The molecule has 64 valence electrons. The van der Waals surface area contributed by atoms with Crippen LogP contribution in [0.2, 0.25) is 0 Å². The second kappa shape index (κ2) is 4.87. The Balaban J connectivity index is 0.000001000. The fourth-order valence-electron chi connectivity index (χ4n) is 1.04. The van der Waals surface area contributed by atoms with E-state index >= 15 is 0 Å². The topological polar surface area (TPSA) is 35.8 Å². The molecule has 1 heterocycles.